The van der Waals surface area contributed by atoms with E-state index in [1.54, 1.807) is 0 Å². The van der Waals surface area contributed by atoms with Crippen LogP contribution in [0.15, 0.2) is 0 Å². The highest BCUT2D eigenvalue weighted by molar-refractivity contribution is 7.99. The maximum Gasteiger partial charge on any atom is 0.314 e. The number of carbonyl (C=O) groups is 1. The zero-order valence-corrected chi connectivity index (χ0v) is 19.1. The summed E-state index contributed by atoms with van der Waals surface area (Å²) >= 11 is 2.05. The monoisotopic (exact) mass is 412 g/mol. The number of urea groups is 1. The molecule has 0 spiro atoms. The molecule has 2 amide bonds. The number of ether oxygens (including phenoxy) is 1. The molecule has 3 fully saturated rings. The van der Waals surface area contributed by atoms with Gasteiger partial charge >= 0.3 is 6.03 Å². The van der Waals surface area contributed by atoms with Gasteiger partial charge in [0.1, 0.15) is 0 Å². The molecule has 0 aromatic heterocycles. The van der Waals surface area contributed by atoms with Crippen molar-refractivity contribution in [2.75, 3.05) is 50.8 Å². The van der Waals surface area contributed by atoms with E-state index in [0.717, 1.165) is 32.7 Å². The van der Waals surface area contributed by atoms with Crippen LogP contribution >= 0.6 is 11.8 Å². The molecule has 2 aliphatic heterocycles. The molecule has 2 N–H and O–H groups in total. The zero-order valence-electron chi connectivity index (χ0n) is 18.3. The molecule has 162 valence electrons. The van der Waals surface area contributed by atoms with Gasteiger partial charge < -0.3 is 15.4 Å². The molecule has 3 aliphatic rings. The van der Waals surface area contributed by atoms with Crippen LogP contribution in [0.2, 0.25) is 0 Å². The summed E-state index contributed by atoms with van der Waals surface area (Å²) in [5.41, 5.74) is 0.0989. The van der Waals surface area contributed by atoms with Crippen molar-refractivity contribution in [3.8, 4) is 0 Å². The molecule has 2 heterocycles. The molecule has 2 atom stereocenters. The third-order valence-electron chi connectivity index (χ3n) is 6.75. The van der Waals surface area contributed by atoms with Gasteiger partial charge in [0, 0.05) is 61.9 Å². The molecule has 2 saturated heterocycles. The van der Waals surface area contributed by atoms with Crippen LogP contribution in [0.25, 0.3) is 0 Å². The smallest absolute Gasteiger partial charge is 0.314 e. The number of rotatable bonds is 6. The van der Waals surface area contributed by atoms with Gasteiger partial charge in [-0.1, -0.05) is 12.8 Å². The quantitative estimate of drug-likeness (QED) is 0.702. The van der Waals surface area contributed by atoms with Gasteiger partial charge in [0.05, 0.1) is 12.2 Å². The minimum absolute atomic E-state index is 0.0277. The van der Waals surface area contributed by atoms with E-state index < -0.39 is 0 Å². The van der Waals surface area contributed by atoms with Crippen LogP contribution in [0.1, 0.15) is 53.4 Å². The van der Waals surface area contributed by atoms with Crippen molar-refractivity contribution in [3.05, 3.63) is 0 Å². The predicted octanol–water partition coefficient (Wildman–Crippen LogP) is 2.54. The lowest BCUT2D eigenvalue weighted by Crippen LogP contribution is -2.60. The van der Waals surface area contributed by atoms with E-state index in [4.69, 9.17) is 4.74 Å². The number of hydrogen-bond acceptors (Lipinski definition) is 5. The first-order valence-electron chi connectivity index (χ1n) is 11.1. The fraction of sp³-hybridized carbons (Fsp3) is 0.952. The van der Waals surface area contributed by atoms with Crippen molar-refractivity contribution in [3.63, 3.8) is 0 Å². The third kappa shape index (κ3) is 5.55. The second-order valence-corrected chi connectivity index (χ2v) is 10.8. The van der Waals surface area contributed by atoms with E-state index in [2.05, 4.69) is 59.9 Å². The molecule has 3 rings (SSSR count). The molecule has 0 radical (unpaired) electrons. The predicted molar refractivity (Wildman–Crippen MR) is 117 cm³/mol. The SMILES string of the molecule is CC1CN(C(C)(C)CNC(=O)NCC2(N3CCSCC3)CCCC2)CC(C)O1. The van der Waals surface area contributed by atoms with Gasteiger partial charge in [-0.2, -0.15) is 11.8 Å². The van der Waals surface area contributed by atoms with Crippen LogP contribution in [0.5, 0.6) is 0 Å². The van der Waals surface area contributed by atoms with Gasteiger partial charge in [-0.3, -0.25) is 9.80 Å². The number of nitrogens with zero attached hydrogens (tertiary/aromatic N) is 2. The number of nitrogens with one attached hydrogen (secondary N) is 2. The molecule has 0 aromatic carbocycles. The molecule has 2 unspecified atom stereocenters. The molecule has 28 heavy (non-hydrogen) atoms. The molecule has 0 aromatic rings. The van der Waals surface area contributed by atoms with E-state index in [1.807, 2.05) is 0 Å². The number of thioether (sulfide) groups is 1. The molecular weight excluding hydrogens is 372 g/mol. The Hall–Kier alpha value is -0.500. The van der Waals surface area contributed by atoms with Gasteiger partial charge in [-0.05, 0) is 40.5 Å². The number of carbonyl (C=O) groups excluding carboxylic acids is 1. The van der Waals surface area contributed by atoms with Gasteiger partial charge in [-0.25, -0.2) is 4.79 Å². The summed E-state index contributed by atoms with van der Waals surface area (Å²) in [5.74, 6) is 2.44. The van der Waals surface area contributed by atoms with Crippen LogP contribution in [-0.4, -0.2) is 89.9 Å². The van der Waals surface area contributed by atoms with Crippen LogP contribution in [-0.2, 0) is 4.74 Å². The Morgan fingerprint density at radius 2 is 1.71 bits per heavy atom. The Morgan fingerprint density at radius 1 is 1.11 bits per heavy atom. The van der Waals surface area contributed by atoms with Crippen molar-refractivity contribution in [2.45, 2.75) is 76.7 Å². The second-order valence-electron chi connectivity index (χ2n) is 9.54. The molecular formula is C21H40N4O2S. The normalized spacial score (nSPS) is 29.6. The Morgan fingerprint density at radius 3 is 2.32 bits per heavy atom. The summed E-state index contributed by atoms with van der Waals surface area (Å²) in [6, 6.07) is -0.0277. The highest BCUT2D eigenvalue weighted by atomic mass is 32.2. The number of hydrogen-bond donors (Lipinski definition) is 2. The van der Waals surface area contributed by atoms with Gasteiger partial charge in [-0.15, -0.1) is 0 Å². The lowest BCUT2D eigenvalue weighted by Gasteiger charge is -2.45. The van der Waals surface area contributed by atoms with E-state index in [9.17, 15) is 4.79 Å². The molecule has 1 saturated carbocycles. The highest BCUT2D eigenvalue weighted by Gasteiger charge is 2.40. The second kappa shape index (κ2) is 9.54. The van der Waals surface area contributed by atoms with Gasteiger partial charge in [0.25, 0.3) is 0 Å². The maximum atomic E-state index is 12.6. The van der Waals surface area contributed by atoms with Gasteiger partial charge in [0.15, 0.2) is 0 Å². The summed E-state index contributed by atoms with van der Waals surface area (Å²) < 4.78 is 5.85. The fourth-order valence-corrected chi connectivity index (χ4v) is 5.97. The highest BCUT2D eigenvalue weighted by Crippen LogP contribution is 2.36. The Kier molecular flexibility index (Phi) is 7.56. The molecule has 1 aliphatic carbocycles. The van der Waals surface area contributed by atoms with Crippen molar-refractivity contribution in [2.24, 2.45) is 0 Å². The molecule has 7 heteroatoms. The maximum absolute atomic E-state index is 12.6. The summed E-state index contributed by atoms with van der Waals surface area (Å²) in [6.45, 7) is 14.2. The summed E-state index contributed by atoms with van der Waals surface area (Å²) in [6.07, 6.45) is 5.48. The van der Waals surface area contributed by atoms with E-state index >= 15 is 0 Å². The average Bonchev–Trinajstić information content (AvgIpc) is 3.15. The first kappa shape index (κ1) is 22.2. The zero-order chi connectivity index (χ0) is 20.2. The van der Waals surface area contributed by atoms with E-state index in [0.29, 0.717) is 6.54 Å². The molecule has 6 nitrogen and oxygen atoms in total. The summed E-state index contributed by atoms with van der Waals surface area (Å²) in [7, 11) is 0. The first-order valence-corrected chi connectivity index (χ1v) is 12.2. The van der Waals surface area contributed by atoms with Crippen molar-refractivity contribution in [1.82, 2.24) is 20.4 Å². The minimum Gasteiger partial charge on any atom is -0.373 e. The first-order chi connectivity index (χ1) is 13.3. The average molecular weight is 413 g/mol. The lowest BCUT2D eigenvalue weighted by atomic mass is 9.94. The van der Waals surface area contributed by atoms with Crippen molar-refractivity contribution < 1.29 is 9.53 Å². The lowest BCUT2D eigenvalue weighted by molar-refractivity contribution is -0.0947. The Labute approximate surface area is 175 Å². The van der Waals surface area contributed by atoms with Crippen LogP contribution in [0.3, 0.4) is 0 Å². The number of amides is 2. The topological polar surface area (TPSA) is 56.8 Å². The van der Waals surface area contributed by atoms with Crippen LogP contribution in [0, 0.1) is 0 Å². The minimum atomic E-state index is -0.0845. The van der Waals surface area contributed by atoms with Crippen LogP contribution in [0.4, 0.5) is 4.79 Å². The molecule has 0 bridgehead atoms. The standard InChI is InChI=1S/C21H40N4O2S/c1-17-13-25(14-18(2)27-17)20(3,4)15-22-19(26)23-16-21(7-5-6-8-21)24-9-11-28-12-10-24/h17-18H,5-16H2,1-4H3,(H2,22,23,26). The van der Waals surface area contributed by atoms with Crippen molar-refractivity contribution in [1.29, 1.82) is 0 Å². The number of morpholine rings is 1. The fourth-order valence-electron chi connectivity index (χ4n) is 5.06. The Bertz CT molecular complexity index is 509. The van der Waals surface area contributed by atoms with Crippen LogP contribution < -0.4 is 10.6 Å². The van der Waals surface area contributed by atoms with Crippen molar-refractivity contribution >= 4 is 17.8 Å². The summed E-state index contributed by atoms with van der Waals surface area (Å²) in [4.78, 5) is 17.7. The van der Waals surface area contributed by atoms with Gasteiger partial charge in [0.2, 0.25) is 0 Å². The van der Waals surface area contributed by atoms with E-state index in [1.165, 1.54) is 37.2 Å². The third-order valence-corrected chi connectivity index (χ3v) is 7.69. The van der Waals surface area contributed by atoms with E-state index in [-0.39, 0.29) is 29.3 Å². The summed E-state index contributed by atoms with van der Waals surface area (Å²) in [5, 5.41) is 6.35. The largest absolute Gasteiger partial charge is 0.373 e. The Balaban J connectivity index is 1.48.